The highest BCUT2D eigenvalue weighted by atomic mass is 19.1. The highest BCUT2D eigenvalue weighted by Crippen LogP contribution is 2.40. The minimum absolute atomic E-state index is 0.0749. The second-order valence-corrected chi connectivity index (χ2v) is 12.2. The van der Waals surface area contributed by atoms with E-state index >= 15 is 4.39 Å². The van der Waals surface area contributed by atoms with E-state index in [9.17, 15) is 13.9 Å². The summed E-state index contributed by atoms with van der Waals surface area (Å²) in [4.78, 5) is 19.6. The maximum atomic E-state index is 16.5. The van der Waals surface area contributed by atoms with E-state index in [4.69, 9.17) is 9.47 Å². The number of fused-ring (bicyclic) bond motifs is 3. The summed E-state index contributed by atoms with van der Waals surface area (Å²) in [5.74, 6) is -0.738. The van der Waals surface area contributed by atoms with Crippen molar-refractivity contribution >= 4 is 22.6 Å². The molecular weight excluding hydrogens is 583 g/mol. The van der Waals surface area contributed by atoms with Crippen molar-refractivity contribution < 1.29 is 27.8 Å². The summed E-state index contributed by atoms with van der Waals surface area (Å²) in [5, 5.41) is 11.8. The van der Waals surface area contributed by atoms with Crippen LogP contribution in [0.4, 0.5) is 13.2 Å². The first-order valence-electron chi connectivity index (χ1n) is 15.4. The Morgan fingerprint density at radius 3 is 2.89 bits per heavy atom. The maximum Gasteiger partial charge on any atom is 0.320 e. The van der Waals surface area contributed by atoms with Crippen LogP contribution in [-0.4, -0.2) is 74.1 Å². The fourth-order valence-electron chi connectivity index (χ4n) is 7.01. The number of aryl methyl sites for hydroxylation is 1. The van der Waals surface area contributed by atoms with Crippen LogP contribution in [-0.2, 0) is 6.42 Å². The number of halogens is 3. The minimum Gasteiger partial charge on any atom is -0.508 e. The highest BCUT2D eigenvalue weighted by Gasteiger charge is 2.49. The van der Waals surface area contributed by atoms with Gasteiger partial charge in [0.25, 0.3) is 0 Å². The largest absolute Gasteiger partial charge is 0.508 e. The van der Waals surface area contributed by atoms with Crippen molar-refractivity contribution in [1.29, 1.82) is 0 Å². The minimum atomic E-state index is -1.23. The van der Waals surface area contributed by atoms with Gasteiger partial charge in [-0.3, -0.25) is 14.9 Å². The zero-order chi connectivity index (χ0) is 31.1. The van der Waals surface area contributed by atoms with Crippen LogP contribution < -0.4 is 19.9 Å². The molecule has 7 rings (SSSR count). The zero-order valence-electron chi connectivity index (χ0n) is 25.0. The van der Waals surface area contributed by atoms with Crippen LogP contribution in [0.5, 0.6) is 17.6 Å². The number of rotatable bonds is 9. The van der Waals surface area contributed by atoms with Crippen molar-refractivity contribution in [3.8, 4) is 28.9 Å². The zero-order valence-corrected chi connectivity index (χ0v) is 25.0. The summed E-state index contributed by atoms with van der Waals surface area (Å²) < 4.78 is 57.9. The van der Waals surface area contributed by atoms with Crippen molar-refractivity contribution in [2.24, 2.45) is 0 Å². The van der Waals surface area contributed by atoms with Crippen molar-refractivity contribution in [1.82, 2.24) is 24.8 Å². The molecule has 45 heavy (non-hydrogen) atoms. The first-order valence-corrected chi connectivity index (χ1v) is 15.4. The third-order valence-electron chi connectivity index (χ3n) is 9.25. The van der Waals surface area contributed by atoms with Gasteiger partial charge in [0.05, 0.1) is 17.5 Å². The summed E-state index contributed by atoms with van der Waals surface area (Å²) in [6.45, 7) is 3.30. The lowest BCUT2D eigenvalue weighted by molar-refractivity contribution is 0.107. The molecule has 3 atom stereocenters. The molecule has 5 heterocycles. The second kappa shape index (κ2) is 11.9. The molecule has 0 saturated carbocycles. The standard InChI is InChI=1S/C34H34F3N5O3/c1-20-27(36)8-7-22-13-24(43)14-25(28(20)22)30-29(37)31-26(17-39-30)32(44-12-3-6-21-5-2-10-38-16-21)41-33(40-31)45-19-34-9-4-11-42(34)18-23(35)15-34/h2,5,7,10,13-14,16-17,23,27,43H,3-4,6,8-9,11-12,15,18-19H2,1H3/t23-,27?,34+/m1/s1. The Kier molecular flexibility index (Phi) is 7.81. The van der Waals surface area contributed by atoms with Gasteiger partial charge in [0, 0.05) is 43.5 Å². The third kappa shape index (κ3) is 5.58. The SMILES string of the molecule is CC1=c2c(-c3ncc4c(OCCCc5cccnc5)nc(OC[C@@]56CCCN5C[C@H](F)C6)nc4c3F)cc(O)cc2=CCC1F. The van der Waals surface area contributed by atoms with E-state index in [0.717, 1.165) is 31.4 Å². The molecule has 2 fully saturated rings. The van der Waals surface area contributed by atoms with Gasteiger partial charge in [-0.1, -0.05) is 12.1 Å². The van der Waals surface area contributed by atoms with Crippen molar-refractivity contribution in [2.75, 3.05) is 26.3 Å². The smallest absolute Gasteiger partial charge is 0.320 e. The number of ether oxygens (including phenoxy) is 2. The first-order chi connectivity index (χ1) is 21.8. The Morgan fingerprint density at radius 1 is 1.16 bits per heavy atom. The van der Waals surface area contributed by atoms with E-state index < -0.39 is 23.7 Å². The van der Waals surface area contributed by atoms with Gasteiger partial charge >= 0.3 is 6.01 Å². The lowest BCUT2D eigenvalue weighted by atomic mass is 9.94. The van der Waals surface area contributed by atoms with Crippen LogP contribution in [0.15, 0.2) is 42.9 Å². The average molecular weight is 618 g/mol. The molecule has 2 aliphatic heterocycles. The molecule has 2 saturated heterocycles. The summed E-state index contributed by atoms with van der Waals surface area (Å²) in [6, 6.07) is 6.70. The molecule has 4 aromatic rings. The normalized spacial score (nSPS) is 22.7. The van der Waals surface area contributed by atoms with E-state index in [-0.39, 0.29) is 59.4 Å². The molecule has 3 aromatic heterocycles. The average Bonchev–Trinajstić information content (AvgIpc) is 3.56. The summed E-state index contributed by atoms with van der Waals surface area (Å²) in [7, 11) is 0. The van der Waals surface area contributed by atoms with E-state index in [1.165, 1.54) is 18.3 Å². The maximum absolute atomic E-state index is 16.5. The number of phenolic OH excluding ortho intramolecular Hbond substituents is 1. The van der Waals surface area contributed by atoms with Gasteiger partial charge in [0.2, 0.25) is 5.88 Å². The molecule has 234 valence electrons. The second-order valence-electron chi connectivity index (χ2n) is 12.2. The number of pyridine rings is 2. The number of alkyl halides is 2. The molecular formula is C34H34F3N5O3. The monoisotopic (exact) mass is 617 g/mol. The molecule has 1 aromatic carbocycles. The number of nitrogens with zero attached hydrogens (tertiary/aromatic N) is 5. The molecule has 0 bridgehead atoms. The molecule has 0 radical (unpaired) electrons. The van der Waals surface area contributed by atoms with Gasteiger partial charge < -0.3 is 14.6 Å². The van der Waals surface area contributed by atoms with Gasteiger partial charge in [0.15, 0.2) is 5.82 Å². The topological polar surface area (TPSA) is 93.5 Å². The fraction of sp³-hybridized carbons (Fsp3) is 0.412. The molecule has 1 unspecified atom stereocenters. The fourth-order valence-corrected chi connectivity index (χ4v) is 7.01. The van der Waals surface area contributed by atoms with Crippen LogP contribution in [0.2, 0.25) is 0 Å². The van der Waals surface area contributed by atoms with Gasteiger partial charge in [-0.2, -0.15) is 9.97 Å². The summed E-state index contributed by atoms with van der Waals surface area (Å²) in [6.07, 6.45) is 8.15. The molecule has 0 spiro atoms. The lowest BCUT2D eigenvalue weighted by Crippen LogP contribution is -2.43. The Morgan fingerprint density at radius 2 is 2.04 bits per heavy atom. The van der Waals surface area contributed by atoms with E-state index in [0.29, 0.717) is 35.4 Å². The van der Waals surface area contributed by atoms with E-state index in [1.807, 2.05) is 12.1 Å². The summed E-state index contributed by atoms with van der Waals surface area (Å²) in [5.41, 5.74) is 1.16. The number of hydrogen-bond acceptors (Lipinski definition) is 8. The number of aromatic nitrogens is 4. The van der Waals surface area contributed by atoms with Crippen LogP contribution in [0.3, 0.4) is 0 Å². The highest BCUT2D eigenvalue weighted by molar-refractivity contribution is 5.87. The van der Waals surface area contributed by atoms with Crippen molar-refractivity contribution in [2.45, 2.75) is 63.3 Å². The Labute approximate surface area is 258 Å². The molecule has 11 heteroatoms. The van der Waals surface area contributed by atoms with Crippen LogP contribution >= 0.6 is 0 Å². The van der Waals surface area contributed by atoms with Crippen LogP contribution in [0.25, 0.3) is 33.8 Å². The first kappa shape index (κ1) is 29.5. The predicted molar refractivity (Wildman–Crippen MR) is 163 cm³/mol. The third-order valence-corrected chi connectivity index (χ3v) is 9.25. The van der Waals surface area contributed by atoms with Gasteiger partial charge in [-0.05, 0) is 78.9 Å². The van der Waals surface area contributed by atoms with E-state index in [2.05, 4.69) is 24.8 Å². The molecule has 0 amide bonds. The van der Waals surface area contributed by atoms with Gasteiger partial charge in [0.1, 0.15) is 35.9 Å². The van der Waals surface area contributed by atoms with E-state index in [1.54, 1.807) is 25.4 Å². The Balaban J connectivity index is 1.27. The molecule has 1 aliphatic carbocycles. The van der Waals surface area contributed by atoms with Crippen molar-refractivity contribution in [3.05, 3.63) is 64.7 Å². The van der Waals surface area contributed by atoms with Gasteiger partial charge in [-0.15, -0.1) is 0 Å². The number of aromatic hydroxyl groups is 1. The van der Waals surface area contributed by atoms with Gasteiger partial charge in [-0.25, -0.2) is 13.2 Å². The number of hydrogen-bond donors (Lipinski definition) is 1. The molecule has 1 N–H and O–H groups in total. The lowest BCUT2D eigenvalue weighted by Gasteiger charge is -2.30. The Bertz CT molecular complexity index is 1880. The van der Waals surface area contributed by atoms with Crippen molar-refractivity contribution in [3.63, 3.8) is 0 Å². The Hall–Kier alpha value is -4.25. The number of benzene rings is 1. The quantitative estimate of drug-likeness (QED) is 0.273. The predicted octanol–water partition coefficient (Wildman–Crippen LogP) is 4.59. The molecule has 3 aliphatic rings. The molecule has 8 nitrogen and oxygen atoms in total. The number of phenols is 1. The van der Waals surface area contributed by atoms with Crippen LogP contribution in [0, 0.1) is 5.82 Å². The van der Waals surface area contributed by atoms with Crippen LogP contribution in [0.1, 0.15) is 44.6 Å². The summed E-state index contributed by atoms with van der Waals surface area (Å²) >= 11 is 0.